The highest BCUT2D eigenvalue weighted by atomic mass is 16.6. The van der Waals surface area contributed by atoms with Gasteiger partial charge in [-0.25, -0.2) is 4.79 Å². The van der Waals surface area contributed by atoms with Crippen LogP contribution in [0.4, 0.5) is 11.4 Å². The van der Waals surface area contributed by atoms with Gasteiger partial charge in [-0.15, -0.1) is 0 Å². The number of amides is 1. The number of aliphatic carboxylic acids is 1. The molecule has 2 aromatic rings. The molecule has 0 aliphatic carbocycles. The first-order valence-electron chi connectivity index (χ1n) is 9.49. The quantitative estimate of drug-likeness (QED) is 0.571. The third kappa shape index (κ3) is 4.71. The molecule has 3 rings (SSSR count). The standard InChI is InChI=1S/C21H23N3O5/c1-14-9-11-23(12-10-14)17-8-7-16(13-18(17)24(28)29)20(25)22-19(21(26)27)15-5-3-2-4-6-15/h2-8,13-14,19H,9-12H2,1H3,(H,22,25)(H,26,27)/t19-/m1/s1. The van der Waals surface area contributed by atoms with Gasteiger partial charge in [-0.1, -0.05) is 37.3 Å². The average Bonchev–Trinajstić information content (AvgIpc) is 2.72. The van der Waals surface area contributed by atoms with Gasteiger partial charge in [0.1, 0.15) is 5.69 Å². The van der Waals surface area contributed by atoms with Gasteiger partial charge in [0, 0.05) is 24.7 Å². The number of hydrogen-bond donors (Lipinski definition) is 2. The number of rotatable bonds is 6. The van der Waals surface area contributed by atoms with Crippen molar-refractivity contribution < 1.29 is 19.6 Å². The minimum Gasteiger partial charge on any atom is -0.479 e. The number of carbonyl (C=O) groups excluding carboxylic acids is 1. The molecule has 0 saturated carbocycles. The highest BCUT2D eigenvalue weighted by Gasteiger charge is 2.27. The Balaban J connectivity index is 1.84. The van der Waals surface area contributed by atoms with Gasteiger partial charge in [0.05, 0.1) is 4.92 Å². The van der Waals surface area contributed by atoms with E-state index in [1.807, 2.05) is 4.90 Å². The summed E-state index contributed by atoms with van der Waals surface area (Å²) in [6.07, 6.45) is 1.91. The maximum atomic E-state index is 12.6. The van der Waals surface area contributed by atoms with Crippen LogP contribution in [0.3, 0.4) is 0 Å². The van der Waals surface area contributed by atoms with Crippen LogP contribution >= 0.6 is 0 Å². The number of nitro groups is 1. The summed E-state index contributed by atoms with van der Waals surface area (Å²) < 4.78 is 0. The molecule has 2 aromatic carbocycles. The van der Waals surface area contributed by atoms with Crippen molar-refractivity contribution in [2.75, 3.05) is 18.0 Å². The molecule has 2 N–H and O–H groups in total. The van der Waals surface area contributed by atoms with Crippen molar-refractivity contribution in [2.45, 2.75) is 25.8 Å². The largest absolute Gasteiger partial charge is 0.479 e. The first-order valence-corrected chi connectivity index (χ1v) is 9.49. The van der Waals surface area contributed by atoms with E-state index < -0.39 is 22.8 Å². The van der Waals surface area contributed by atoms with Crippen LogP contribution in [-0.2, 0) is 4.79 Å². The van der Waals surface area contributed by atoms with E-state index in [0.29, 0.717) is 17.2 Å². The summed E-state index contributed by atoms with van der Waals surface area (Å²) in [5.41, 5.74) is 0.796. The first kappa shape index (κ1) is 20.3. The fourth-order valence-electron chi connectivity index (χ4n) is 3.48. The molecular formula is C21H23N3O5. The Labute approximate surface area is 168 Å². The molecule has 1 heterocycles. The molecule has 29 heavy (non-hydrogen) atoms. The molecule has 0 radical (unpaired) electrons. The van der Waals surface area contributed by atoms with Crippen molar-refractivity contribution in [1.29, 1.82) is 0 Å². The van der Waals surface area contributed by atoms with Gasteiger partial charge >= 0.3 is 5.97 Å². The van der Waals surface area contributed by atoms with E-state index in [0.717, 1.165) is 25.9 Å². The molecule has 1 saturated heterocycles. The van der Waals surface area contributed by atoms with E-state index >= 15 is 0 Å². The number of piperidine rings is 1. The van der Waals surface area contributed by atoms with Crippen molar-refractivity contribution in [3.8, 4) is 0 Å². The van der Waals surface area contributed by atoms with Crippen molar-refractivity contribution in [3.05, 3.63) is 69.8 Å². The van der Waals surface area contributed by atoms with Crippen LogP contribution in [0.25, 0.3) is 0 Å². The normalized spacial score (nSPS) is 15.6. The summed E-state index contributed by atoms with van der Waals surface area (Å²) >= 11 is 0. The zero-order chi connectivity index (χ0) is 21.0. The number of anilines is 1. The third-order valence-corrected chi connectivity index (χ3v) is 5.21. The molecule has 1 atom stereocenters. The van der Waals surface area contributed by atoms with E-state index in [9.17, 15) is 24.8 Å². The minimum absolute atomic E-state index is 0.0491. The van der Waals surface area contributed by atoms with E-state index in [-0.39, 0.29) is 11.3 Å². The molecule has 1 amide bonds. The average molecular weight is 397 g/mol. The second-order valence-corrected chi connectivity index (χ2v) is 7.29. The van der Waals surface area contributed by atoms with E-state index in [1.165, 1.54) is 12.1 Å². The molecule has 0 spiro atoms. The number of carboxylic acids is 1. The molecule has 0 bridgehead atoms. The highest BCUT2D eigenvalue weighted by Crippen LogP contribution is 2.32. The van der Waals surface area contributed by atoms with Crippen molar-refractivity contribution in [3.63, 3.8) is 0 Å². The van der Waals surface area contributed by atoms with E-state index in [1.54, 1.807) is 36.4 Å². The highest BCUT2D eigenvalue weighted by molar-refractivity contribution is 5.98. The van der Waals surface area contributed by atoms with Crippen molar-refractivity contribution in [1.82, 2.24) is 5.32 Å². The number of nitrogens with one attached hydrogen (secondary N) is 1. The Morgan fingerprint density at radius 1 is 1.17 bits per heavy atom. The monoisotopic (exact) mass is 397 g/mol. The molecule has 1 fully saturated rings. The van der Waals surface area contributed by atoms with Crippen LogP contribution in [0.1, 0.15) is 41.7 Å². The number of benzene rings is 2. The fraction of sp³-hybridized carbons (Fsp3) is 0.333. The number of nitro benzene ring substituents is 1. The van der Waals surface area contributed by atoms with Crippen LogP contribution in [0.5, 0.6) is 0 Å². The van der Waals surface area contributed by atoms with Gasteiger partial charge < -0.3 is 15.3 Å². The summed E-state index contributed by atoms with van der Waals surface area (Å²) in [6, 6.07) is 11.3. The second-order valence-electron chi connectivity index (χ2n) is 7.29. The predicted octanol–water partition coefficient (Wildman–Crippen LogP) is 3.39. The summed E-state index contributed by atoms with van der Waals surface area (Å²) in [4.78, 5) is 37.3. The molecule has 1 aliphatic heterocycles. The Morgan fingerprint density at radius 2 is 1.83 bits per heavy atom. The minimum atomic E-state index is -1.24. The predicted molar refractivity (Wildman–Crippen MR) is 108 cm³/mol. The molecule has 0 unspecified atom stereocenters. The first-order chi connectivity index (χ1) is 13.9. The van der Waals surface area contributed by atoms with Crippen LogP contribution in [0.2, 0.25) is 0 Å². The lowest BCUT2D eigenvalue weighted by atomic mass is 9.98. The number of hydrogen-bond acceptors (Lipinski definition) is 5. The van der Waals surface area contributed by atoms with Gasteiger partial charge in [0.15, 0.2) is 6.04 Å². The van der Waals surface area contributed by atoms with Gasteiger partial charge in [-0.05, 0) is 36.5 Å². The number of nitrogens with zero attached hydrogens (tertiary/aromatic N) is 2. The summed E-state index contributed by atoms with van der Waals surface area (Å²) in [6.45, 7) is 3.61. The molecule has 152 valence electrons. The van der Waals surface area contributed by atoms with Crippen molar-refractivity contribution >= 4 is 23.3 Å². The zero-order valence-electron chi connectivity index (χ0n) is 16.1. The number of carbonyl (C=O) groups is 2. The Bertz CT molecular complexity index is 908. The van der Waals surface area contributed by atoms with Crippen LogP contribution in [-0.4, -0.2) is 35.0 Å². The molecule has 0 aromatic heterocycles. The summed E-state index contributed by atoms with van der Waals surface area (Å²) in [5, 5.41) is 23.5. The van der Waals surface area contributed by atoms with Crippen LogP contribution in [0, 0.1) is 16.0 Å². The Hall–Kier alpha value is -3.42. The van der Waals surface area contributed by atoms with Crippen molar-refractivity contribution in [2.24, 2.45) is 5.92 Å². The lowest BCUT2D eigenvalue weighted by Crippen LogP contribution is -2.34. The van der Waals surface area contributed by atoms with Crippen LogP contribution < -0.4 is 10.2 Å². The maximum Gasteiger partial charge on any atom is 0.330 e. The van der Waals surface area contributed by atoms with E-state index in [2.05, 4.69) is 12.2 Å². The zero-order valence-corrected chi connectivity index (χ0v) is 16.1. The lowest BCUT2D eigenvalue weighted by Gasteiger charge is -2.31. The van der Waals surface area contributed by atoms with Gasteiger partial charge in [0.2, 0.25) is 0 Å². The topological polar surface area (TPSA) is 113 Å². The van der Waals surface area contributed by atoms with Gasteiger partial charge in [-0.2, -0.15) is 0 Å². The third-order valence-electron chi connectivity index (χ3n) is 5.21. The summed E-state index contributed by atoms with van der Waals surface area (Å²) in [7, 11) is 0. The Kier molecular flexibility index (Phi) is 6.11. The maximum absolute atomic E-state index is 12.6. The molecule has 8 heteroatoms. The fourth-order valence-corrected chi connectivity index (χ4v) is 3.48. The second kappa shape index (κ2) is 8.72. The summed E-state index contributed by atoms with van der Waals surface area (Å²) in [5.74, 6) is -1.30. The number of carboxylic acid groups (broad SMARTS) is 1. The smallest absolute Gasteiger partial charge is 0.330 e. The van der Waals surface area contributed by atoms with Gasteiger partial charge in [0.25, 0.3) is 11.6 Å². The Morgan fingerprint density at radius 3 is 2.41 bits per heavy atom. The van der Waals surface area contributed by atoms with Crippen LogP contribution in [0.15, 0.2) is 48.5 Å². The van der Waals surface area contributed by atoms with Gasteiger partial charge in [-0.3, -0.25) is 14.9 Å². The molecular weight excluding hydrogens is 374 g/mol. The lowest BCUT2D eigenvalue weighted by molar-refractivity contribution is -0.384. The molecule has 8 nitrogen and oxygen atoms in total. The SMILES string of the molecule is CC1CCN(c2ccc(C(=O)N[C@@H](C(=O)O)c3ccccc3)cc2[N+](=O)[O-])CC1. The van der Waals surface area contributed by atoms with E-state index in [4.69, 9.17) is 0 Å². The molecule has 1 aliphatic rings.